The molecule has 0 aliphatic carbocycles. The molecule has 162 valence electrons. The number of aliphatic hydroxyl groups excluding tert-OH is 1. The van der Waals surface area contributed by atoms with Gasteiger partial charge in [0.15, 0.2) is 11.5 Å². The molecule has 30 heavy (non-hydrogen) atoms. The lowest BCUT2D eigenvalue weighted by atomic mass is 10.1. The summed E-state index contributed by atoms with van der Waals surface area (Å²) in [6, 6.07) is 12.4. The number of fused-ring (bicyclic) bond motifs is 1. The summed E-state index contributed by atoms with van der Waals surface area (Å²) in [7, 11) is 0. The van der Waals surface area contributed by atoms with Gasteiger partial charge < -0.3 is 19.3 Å². The van der Waals surface area contributed by atoms with Crippen LogP contribution in [0.1, 0.15) is 24.5 Å². The van der Waals surface area contributed by atoms with Gasteiger partial charge in [-0.25, -0.2) is 0 Å². The Morgan fingerprint density at radius 2 is 1.87 bits per heavy atom. The van der Waals surface area contributed by atoms with Gasteiger partial charge in [-0.2, -0.15) is 0 Å². The van der Waals surface area contributed by atoms with Crippen LogP contribution in [0.5, 0.6) is 17.2 Å². The topological polar surface area (TPSA) is 54.4 Å². The highest BCUT2D eigenvalue weighted by Crippen LogP contribution is 2.37. The molecule has 0 radical (unpaired) electrons. The van der Waals surface area contributed by atoms with Crippen molar-refractivity contribution in [2.45, 2.75) is 32.5 Å². The second-order valence-electron chi connectivity index (χ2n) is 7.75. The standard InChI is InChI=1S/C23H29ClN2O4/c1-2-28-20-5-3-17(4-6-20)13-26-9-8-25(15-19(26)7-10-27)14-18-11-22-23(12-21(18)24)30-16-29-22/h3-6,11-12,19,27H,2,7-10,13-16H2,1H3/t19-/m0/s1. The second-order valence-corrected chi connectivity index (χ2v) is 8.15. The molecule has 0 amide bonds. The summed E-state index contributed by atoms with van der Waals surface area (Å²) in [6.07, 6.45) is 0.752. The number of nitrogens with zero attached hydrogens (tertiary/aromatic N) is 2. The third-order valence-corrected chi connectivity index (χ3v) is 6.06. The van der Waals surface area contributed by atoms with Gasteiger partial charge in [-0.3, -0.25) is 9.80 Å². The zero-order chi connectivity index (χ0) is 20.9. The minimum absolute atomic E-state index is 0.184. The molecule has 0 saturated carbocycles. The summed E-state index contributed by atoms with van der Waals surface area (Å²) in [5, 5.41) is 10.3. The normalized spacial score (nSPS) is 19.2. The average Bonchev–Trinajstić information content (AvgIpc) is 3.19. The molecule has 7 heteroatoms. The Bertz CT molecular complexity index is 846. The fourth-order valence-corrected chi connectivity index (χ4v) is 4.36. The third-order valence-electron chi connectivity index (χ3n) is 5.71. The van der Waals surface area contributed by atoms with E-state index in [4.69, 9.17) is 25.8 Å². The molecule has 2 heterocycles. The Morgan fingerprint density at radius 3 is 2.60 bits per heavy atom. The van der Waals surface area contributed by atoms with Gasteiger partial charge in [0.2, 0.25) is 6.79 Å². The minimum Gasteiger partial charge on any atom is -0.494 e. The largest absolute Gasteiger partial charge is 0.494 e. The molecule has 6 nitrogen and oxygen atoms in total. The van der Waals surface area contributed by atoms with Gasteiger partial charge in [-0.15, -0.1) is 0 Å². The Hall–Kier alpha value is -1.99. The highest BCUT2D eigenvalue weighted by molar-refractivity contribution is 6.31. The van der Waals surface area contributed by atoms with Crippen LogP contribution < -0.4 is 14.2 Å². The number of ether oxygens (including phenoxy) is 3. The molecule has 1 atom stereocenters. The molecule has 4 rings (SSSR count). The van der Waals surface area contributed by atoms with Gasteiger partial charge in [-0.05, 0) is 42.7 Å². The fourth-order valence-electron chi connectivity index (χ4n) is 4.15. The van der Waals surface area contributed by atoms with Gasteiger partial charge in [0.05, 0.1) is 6.61 Å². The van der Waals surface area contributed by atoms with Crippen molar-refractivity contribution in [1.82, 2.24) is 9.80 Å². The van der Waals surface area contributed by atoms with Crippen LogP contribution in [-0.4, -0.2) is 60.6 Å². The van der Waals surface area contributed by atoms with Crippen molar-refractivity contribution in [3.63, 3.8) is 0 Å². The average molecular weight is 433 g/mol. The summed E-state index contributed by atoms with van der Waals surface area (Å²) in [5.74, 6) is 2.37. The van der Waals surface area contributed by atoms with E-state index in [1.165, 1.54) is 5.56 Å². The van der Waals surface area contributed by atoms with Gasteiger partial charge in [0.25, 0.3) is 0 Å². The first-order valence-corrected chi connectivity index (χ1v) is 10.9. The SMILES string of the molecule is CCOc1ccc(CN2CCN(Cc3cc4c(cc3Cl)OCO4)C[C@@H]2CCO)cc1. The molecule has 2 aliphatic rings. The summed E-state index contributed by atoms with van der Waals surface area (Å²) in [6.45, 7) is 7.51. The molecule has 0 bridgehead atoms. The summed E-state index contributed by atoms with van der Waals surface area (Å²) >= 11 is 6.47. The number of benzene rings is 2. The Kier molecular flexibility index (Phi) is 7.00. The molecule has 1 saturated heterocycles. The first kappa shape index (κ1) is 21.2. The van der Waals surface area contributed by atoms with E-state index in [-0.39, 0.29) is 13.4 Å². The van der Waals surface area contributed by atoms with Gasteiger partial charge >= 0.3 is 0 Å². The van der Waals surface area contributed by atoms with E-state index < -0.39 is 0 Å². The van der Waals surface area contributed by atoms with Crippen molar-refractivity contribution in [3.8, 4) is 17.2 Å². The molecular weight excluding hydrogens is 404 g/mol. The van der Waals surface area contributed by atoms with E-state index in [1.807, 2.05) is 31.2 Å². The van der Waals surface area contributed by atoms with E-state index in [2.05, 4.69) is 21.9 Å². The van der Waals surface area contributed by atoms with E-state index >= 15 is 0 Å². The van der Waals surface area contributed by atoms with Crippen LogP contribution in [0.3, 0.4) is 0 Å². The van der Waals surface area contributed by atoms with Crippen LogP contribution in [0.4, 0.5) is 0 Å². The van der Waals surface area contributed by atoms with E-state index in [1.54, 1.807) is 0 Å². The van der Waals surface area contributed by atoms with Crippen molar-refractivity contribution in [3.05, 3.63) is 52.5 Å². The molecule has 0 aromatic heterocycles. The van der Waals surface area contributed by atoms with E-state index in [0.29, 0.717) is 23.4 Å². The lowest BCUT2D eigenvalue weighted by Crippen LogP contribution is -2.52. The van der Waals surface area contributed by atoms with Crippen LogP contribution in [0.2, 0.25) is 5.02 Å². The van der Waals surface area contributed by atoms with Crippen LogP contribution >= 0.6 is 11.6 Å². The van der Waals surface area contributed by atoms with Crippen LogP contribution in [0.15, 0.2) is 36.4 Å². The molecule has 2 aliphatic heterocycles. The number of halogens is 1. The first-order chi connectivity index (χ1) is 14.7. The first-order valence-electron chi connectivity index (χ1n) is 10.5. The van der Waals surface area contributed by atoms with Crippen molar-refractivity contribution in [2.24, 2.45) is 0 Å². The molecule has 2 aromatic rings. The van der Waals surface area contributed by atoms with Crippen molar-refractivity contribution in [1.29, 1.82) is 0 Å². The number of hydrogen-bond acceptors (Lipinski definition) is 6. The zero-order valence-electron chi connectivity index (χ0n) is 17.3. The third kappa shape index (κ3) is 5.01. The quantitative estimate of drug-likeness (QED) is 0.688. The predicted molar refractivity (Wildman–Crippen MR) is 116 cm³/mol. The Morgan fingerprint density at radius 1 is 1.10 bits per heavy atom. The van der Waals surface area contributed by atoms with Gasteiger partial charge in [-0.1, -0.05) is 23.7 Å². The van der Waals surface area contributed by atoms with Gasteiger partial charge in [0, 0.05) is 56.5 Å². The van der Waals surface area contributed by atoms with E-state index in [9.17, 15) is 5.11 Å². The van der Waals surface area contributed by atoms with Crippen LogP contribution in [0.25, 0.3) is 0 Å². The monoisotopic (exact) mass is 432 g/mol. The number of piperazine rings is 1. The maximum atomic E-state index is 9.61. The molecule has 1 N–H and O–H groups in total. The number of rotatable bonds is 8. The highest BCUT2D eigenvalue weighted by Gasteiger charge is 2.27. The molecule has 0 spiro atoms. The molecule has 1 fully saturated rings. The predicted octanol–water partition coefficient (Wildman–Crippen LogP) is 3.54. The van der Waals surface area contributed by atoms with Crippen molar-refractivity contribution < 1.29 is 19.3 Å². The summed E-state index contributed by atoms with van der Waals surface area (Å²) in [4.78, 5) is 4.86. The lowest BCUT2D eigenvalue weighted by molar-refractivity contribution is 0.0499. The minimum atomic E-state index is 0.184. The smallest absolute Gasteiger partial charge is 0.231 e. The molecule has 2 aromatic carbocycles. The fraction of sp³-hybridized carbons (Fsp3) is 0.478. The summed E-state index contributed by atoms with van der Waals surface area (Å²) in [5.41, 5.74) is 2.30. The second kappa shape index (κ2) is 9.88. The highest BCUT2D eigenvalue weighted by atomic mass is 35.5. The maximum absolute atomic E-state index is 9.61. The van der Waals surface area contributed by atoms with Crippen molar-refractivity contribution >= 4 is 11.6 Å². The van der Waals surface area contributed by atoms with E-state index in [0.717, 1.165) is 56.2 Å². The Balaban J connectivity index is 1.39. The maximum Gasteiger partial charge on any atom is 0.231 e. The van der Waals surface area contributed by atoms with Crippen LogP contribution in [-0.2, 0) is 13.1 Å². The van der Waals surface area contributed by atoms with Crippen LogP contribution in [0, 0.1) is 0 Å². The lowest BCUT2D eigenvalue weighted by Gasteiger charge is -2.41. The molecular formula is C23H29ClN2O4. The zero-order valence-corrected chi connectivity index (χ0v) is 18.1. The van der Waals surface area contributed by atoms with Crippen molar-refractivity contribution in [2.75, 3.05) is 39.6 Å². The molecule has 0 unspecified atom stereocenters. The summed E-state index contributed by atoms with van der Waals surface area (Å²) < 4.78 is 16.4. The Labute approximate surface area is 182 Å². The van der Waals surface area contributed by atoms with Gasteiger partial charge in [0.1, 0.15) is 5.75 Å². The number of aliphatic hydroxyl groups is 1. The number of hydrogen-bond donors (Lipinski definition) is 1.